The fraction of sp³-hybridized carbons (Fsp3) is 0.429. The van der Waals surface area contributed by atoms with Crippen molar-refractivity contribution in [2.45, 2.75) is 39.2 Å². The lowest BCUT2D eigenvalue weighted by atomic mass is 10.1. The molecule has 0 saturated carbocycles. The van der Waals surface area contributed by atoms with Gasteiger partial charge in [0.05, 0.1) is 17.5 Å². The molecule has 0 spiro atoms. The zero-order valence-corrected chi connectivity index (χ0v) is 12.7. The second-order valence-electron chi connectivity index (χ2n) is 4.92. The molecular formula is C14H17ClN4O2. The maximum absolute atomic E-state index is 11.0. The SMILES string of the molecule is CCCC(CC(=O)O)n1nnnc1-c1cccc(C)c1Cl. The summed E-state index contributed by atoms with van der Waals surface area (Å²) in [7, 11) is 0. The predicted octanol–water partition coefficient (Wildman–Crippen LogP) is 3.12. The third kappa shape index (κ3) is 3.39. The molecule has 0 aliphatic rings. The maximum atomic E-state index is 11.0. The van der Waals surface area contributed by atoms with Gasteiger partial charge in [0.25, 0.3) is 0 Å². The van der Waals surface area contributed by atoms with Gasteiger partial charge in [0.2, 0.25) is 0 Å². The first kappa shape index (κ1) is 15.4. The molecule has 21 heavy (non-hydrogen) atoms. The molecule has 0 amide bonds. The van der Waals surface area contributed by atoms with E-state index in [9.17, 15) is 4.79 Å². The molecule has 0 aliphatic carbocycles. The summed E-state index contributed by atoms with van der Waals surface area (Å²) >= 11 is 6.32. The van der Waals surface area contributed by atoms with Crippen molar-refractivity contribution in [2.75, 3.05) is 0 Å². The van der Waals surface area contributed by atoms with Crippen LogP contribution in [0.5, 0.6) is 0 Å². The number of benzene rings is 1. The summed E-state index contributed by atoms with van der Waals surface area (Å²) in [5.74, 6) is -0.367. The molecule has 1 atom stereocenters. The summed E-state index contributed by atoms with van der Waals surface area (Å²) in [5, 5.41) is 21.3. The first-order chi connectivity index (χ1) is 10.0. The maximum Gasteiger partial charge on any atom is 0.305 e. The van der Waals surface area contributed by atoms with Crippen LogP contribution >= 0.6 is 11.6 Å². The highest BCUT2D eigenvalue weighted by atomic mass is 35.5. The number of aromatic nitrogens is 4. The van der Waals surface area contributed by atoms with Gasteiger partial charge in [-0.1, -0.05) is 37.1 Å². The normalized spacial score (nSPS) is 12.3. The van der Waals surface area contributed by atoms with Gasteiger partial charge in [0.15, 0.2) is 5.82 Å². The summed E-state index contributed by atoms with van der Waals surface area (Å²) in [5.41, 5.74) is 1.64. The van der Waals surface area contributed by atoms with Crippen LogP contribution in [0.4, 0.5) is 0 Å². The largest absolute Gasteiger partial charge is 0.481 e. The Kier molecular flexibility index (Phi) is 4.90. The van der Waals surface area contributed by atoms with Crippen LogP contribution in [0.3, 0.4) is 0 Å². The van der Waals surface area contributed by atoms with Crippen LogP contribution in [0.25, 0.3) is 11.4 Å². The Bertz CT molecular complexity index is 642. The highest BCUT2D eigenvalue weighted by molar-refractivity contribution is 6.33. The molecule has 0 saturated heterocycles. The monoisotopic (exact) mass is 308 g/mol. The van der Waals surface area contributed by atoms with Crippen LogP contribution in [0.1, 0.15) is 37.8 Å². The minimum Gasteiger partial charge on any atom is -0.481 e. The first-order valence-electron chi connectivity index (χ1n) is 6.79. The Balaban J connectivity index is 2.45. The number of carboxylic acid groups (broad SMARTS) is 1. The van der Waals surface area contributed by atoms with Gasteiger partial charge in [-0.2, -0.15) is 0 Å². The van der Waals surface area contributed by atoms with Crippen LogP contribution in [-0.2, 0) is 4.79 Å². The standard InChI is InChI=1S/C14H17ClN4O2/c1-3-5-10(8-12(20)21)19-14(16-17-18-19)11-7-4-6-9(2)13(11)15/h4,6-7,10H,3,5,8H2,1-2H3,(H,20,21). The van der Waals surface area contributed by atoms with Crippen molar-refractivity contribution >= 4 is 17.6 Å². The lowest BCUT2D eigenvalue weighted by Crippen LogP contribution is -2.16. The van der Waals surface area contributed by atoms with Gasteiger partial charge in [-0.15, -0.1) is 5.10 Å². The predicted molar refractivity (Wildman–Crippen MR) is 79.2 cm³/mol. The van der Waals surface area contributed by atoms with Crippen LogP contribution in [0.15, 0.2) is 18.2 Å². The van der Waals surface area contributed by atoms with Gasteiger partial charge in [0, 0.05) is 5.56 Å². The van der Waals surface area contributed by atoms with Gasteiger partial charge >= 0.3 is 5.97 Å². The third-order valence-corrected chi connectivity index (χ3v) is 3.81. The number of tetrazole rings is 1. The Morgan fingerprint density at radius 2 is 2.24 bits per heavy atom. The van der Waals surface area contributed by atoms with Crippen molar-refractivity contribution in [3.05, 3.63) is 28.8 Å². The molecule has 0 fully saturated rings. The smallest absolute Gasteiger partial charge is 0.305 e. The van der Waals surface area contributed by atoms with Gasteiger partial charge < -0.3 is 5.11 Å². The van der Waals surface area contributed by atoms with Crippen LogP contribution < -0.4 is 0 Å². The van der Waals surface area contributed by atoms with Gasteiger partial charge in [0.1, 0.15) is 0 Å². The molecular weight excluding hydrogens is 292 g/mol. The van der Waals surface area contributed by atoms with Crippen LogP contribution in [0, 0.1) is 6.92 Å². The summed E-state index contributed by atoms with van der Waals surface area (Å²) in [6, 6.07) is 5.33. The number of carbonyl (C=O) groups is 1. The molecule has 1 heterocycles. The number of hydrogen-bond donors (Lipinski definition) is 1. The van der Waals surface area contributed by atoms with E-state index in [0.29, 0.717) is 22.8 Å². The van der Waals surface area contributed by atoms with E-state index in [1.54, 1.807) is 4.68 Å². The Morgan fingerprint density at radius 1 is 1.48 bits per heavy atom. The fourth-order valence-electron chi connectivity index (χ4n) is 2.28. The summed E-state index contributed by atoms with van der Waals surface area (Å²) in [6.07, 6.45) is 1.52. The molecule has 6 nitrogen and oxygen atoms in total. The topological polar surface area (TPSA) is 80.9 Å². The minimum atomic E-state index is -0.870. The van der Waals surface area contributed by atoms with E-state index in [1.165, 1.54) is 0 Å². The number of halogens is 1. The van der Waals surface area contributed by atoms with Gasteiger partial charge in [-0.25, -0.2) is 4.68 Å². The molecule has 1 aromatic heterocycles. The van der Waals surface area contributed by atoms with Crippen molar-refractivity contribution in [1.82, 2.24) is 20.2 Å². The van der Waals surface area contributed by atoms with E-state index in [4.69, 9.17) is 16.7 Å². The summed E-state index contributed by atoms with van der Waals surface area (Å²) in [4.78, 5) is 11.0. The average Bonchev–Trinajstić information content (AvgIpc) is 2.90. The number of aryl methyl sites for hydroxylation is 1. The molecule has 2 aromatic rings. The molecule has 2 rings (SSSR count). The van der Waals surface area contributed by atoms with Crippen molar-refractivity contribution in [3.8, 4) is 11.4 Å². The van der Waals surface area contributed by atoms with Gasteiger partial charge in [-0.3, -0.25) is 4.79 Å². The lowest BCUT2D eigenvalue weighted by Gasteiger charge is -2.16. The number of rotatable bonds is 6. The number of aliphatic carboxylic acids is 1. The van der Waals surface area contributed by atoms with Crippen LogP contribution in [-0.4, -0.2) is 31.3 Å². The molecule has 1 aromatic carbocycles. The second-order valence-corrected chi connectivity index (χ2v) is 5.30. The van der Waals surface area contributed by atoms with Crippen molar-refractivity contribution in [3.63, 3.8) is 0 Å². The Labute approximate surface area is 127 Å². The van der Waals surface area contributed by atoms with E-state index in [0.717, 1.165) is 12.0 Å². The Hall–Kier alpha value is -1.95. The zero-order chi connectivity index (χ0) is 15.4. The molecule has 0 aliphatic heterocycles. The zero-order valence-electron chi connectivity index (χ0n) is 12.0. The van der Waals surface area contributed by atoms with E-state index in [-0.39, 0.29) is 12.5 Å². The Morgan fingerprint density at radius 3 is 2.90 bits per heavy atom. The average molecular weight is 309 g/mol. The highest BCUT2D eigenvalue weighted by Gasteiger charge is 2.22. The lowest BCUT2D eigenvalue weighted by molar-refractivity contribution is -0.138. The van der Waals surface area contributed by atoms with Crippen molar-refractivity contribution < 1.29 is 9.90 Å². The van der Waals surface area contributed by atoms with E-state index in [1.807, 2.05) is 32.0 Å². The molecule has 112 valence electrons. The quantitative estimate of drug-likeness (QED) is 0.886. The molecule has 7 heteroatoms. The van der Waals surface area contributed by atoms with Crippen molar-refractivity contribution in [1.29, 1.82) is 0 Å². The second kappa shape index (κ2) is 6.67. The molecule has 1 N–H and O–H groups in total. The van der Waals surface area contributed by atoms with E-state index in [2.05, 4.69) is 15.5 Å². The van der Waals surface area contributed by atoms with E-state index < -0.39 is 5.97 Å². The molecule has 0 bridgehead atoms. The summed E-state index contributed by atoms with van der Waals surface area (Å²) in [6.45, 7) is 3.90. The molecule has 0 radical (unpaired) electrons. The summed E-state index contributed by atoms with van der Waals surface area (Å²) < 4.78 is 1.57. The van der Waals surface area contributed by atoms with Crippen LogP contribution in [0.2, 0.25) is 5.02 Å². The van der Waals surface area contributed by atoms with Gasteiger partial charge in [-0.05, 0) is 35.4 Å². The number of carboxylic acids is 1. The molecule has 1 unspecified atom stereocenters. The third-order valence-electron chi connectivity index (χ3n) is 3.30. The van der Waals surface area contributed by atoms with E-state index >= 15 is 0 Å². The van der Waals surface area contributed by atoms with Crippen molar-refractivity contribution in [2.24, 2.45) is 0 Å². The minimum absolute atomic E-state index is 0.0185. The number of nitrogens with zero attached hydrogens (tertiary/aromatic N) is 4. The first-order valence-corrected chi connectivity index (χ1v) is 7.17. The fourth-order valence-corrected chi connectivity index (χ4v) is 2.49. The highest BCUT2D eigenvalue weighted by Crippen LogP contribution is 2.31. The number of hydrogen-bond acceptors (Lipinski definition) is 4.